The Kier molecular flexibility index (Phi) is 3.93. The van der Waals surface area contributed by atoms with Crippen LogP contribution in [0.2, 0.25) is 0 Å². The fraction of sp³-hybridized carbons (Fsp3) is 0.600. The van der Waals surface area contributed by atoms with Crippen molar-refractivity contribution in [1.29, 1.82) is 0 Å². The third-order valence-electron chi connectivity index (χ3n) is 3.97. The quantitative estimate of drug-likeness (QED) is 0.859. The van der Waals surface area contributed by atoms with Gasteiger partial charge in [-0.15, -0.1) is 0 Å². The number of rotatable bonds is 4. The first-order valence-electron chi connectivity index (χ1n) is 6.77. The molecule has 3 N–H and O–H groups in total. The first-order valence-corrected chi connectivity index (χ1v) is 6.77. The van der Waals surface area contributed by atoms with E-state index in [1.165, 1.54) is 11.3 Å². The van der Waals surface area contributed by atoms with E-state index in [0.29, 0.717) is 6.54 Å². The molecule has 0 aromatic heterocycles. The maximum Gasteiger partial charge on any atom is 0.0821 e. The van der Waals surface area contributed by atoms with Crippen molar-refractivity contribution in [3.05, 3.63) is 29.3 Å². The number of aliphatic hydroxyl groups is 1. The number of hydrogen-bond donors (Lipinski definition) is 2. The third kappa shape index (κ3) is 2.85. The van der Waals surface area contributed by atoms with Gasteiger partial charge in [-0.3, -0.25) is 0 Å². The lowest BCUT2D eigenvalue weighted by atomic mass is 10.0. The fourth-order valence-corrected chi connectivity index (χ4v) is 2.99. The maximum absolute atomic E-state index is 10.5. The summed E-state index contributed by atoms with van der Waals surface area (Å²) in [5.74, 6) is 0. The second-order valence-electron chi connectivity index (χ2n) is 5.61. The molecule has 0 aliphatic heterocycles. The molecule has 1 saturated carbocycles. The normalized spacial score (nSPS) is 18.0. The van der Waals surface area contributed by atoms with Crippen molar-refractivity contribution in [3.8, 4) is 0 Å². The fourth-order valence-electron chi connectivity index (χ4n) is 2.99. The minimum atomic E-state index is -0.492. The van der Waals surface area contributed by atoms with Crippen LogP contribution in [-0.4, -0.2) is 24.3 Å². The van der Waals surface area contributed by atoms with Gasteiger partial charge in [-0.2, -0.15) is 0 Å². The van der Waals surface area contributed by atoms with Gasteiger partial charge in [-0.05, 0) is 37.0 Å². The van der Waals surface area contributed by atoms with E-state index >= 15 is 0 Å². The zero-order chi connectivity index (χ0) is 13.2. The zero-order valence-corrected chi connectivity index (χ0v) is 11.4. The molecule has 1 aromatic rings. The van der Waals surface area contributed by atoms with Crippen LogP contribution in [0.4, 0.5) is 5.69 Å². The number of likely N-dealkylation sites (N-methyl/N-ethyl adjacent to an activating group) is 1. The summed E-state index contributed by atoms with van der Waals surface area (Å²) in [5, 5.41) is 10.5. The number of anilines is 1. The molecule has 0 heterocycles. The van der Waals surface area contributed by atoms with Crippen molar-refractivity contribution >= 4 is 5.69 Å². The lowest BCUT2D eigenvalue weighted by molar-refractivity contribution is 0.0559. The highest BCUT2D eigenvalue weighted by Crippen LogP contribution is 2.31. The van der Waals surface area contributed by atoms with Crippen molar-refractivity contribution in [3.63, 3.8) is 0 Å². The van der Waals surface area contributed by atoms with E-state index in [1.807, 2.05) is 0 Å². The van der Waals surface area contributed by atoms with Gasteiger partial charge in [0.05, 0.1) is 5.60 Å². The molecule has 0 amide bonds. The highest BCUT2D eigenvalue weighted by molar-refractivity contribution is 5.54. The number of benzene rings is 1. The van der Waals surface area contributed by atoms with E-state index in [2.05, 4.69) is 37.1 Å². The maximum atomic E-state index is 10.5. The molecule has 1 aliphatic rings. The molecule has 1 aliphatic carbocycles. The van der Waals surface area contributed by atoms with Gasteiger partial charge in [0.1, 0.15) is 0 Å². The monoisotopic (exact) mass is 248 g/mol. The number of hydrogen-bond acceptors (Lipinski definition) is 3. The van der Waals surface area contributed by atoms with Crippen LogP contribution in [0.3, 0.4) is 0 Å². The summed E-state index contributed by atoms with van der Waals surface area (Å²) in [4.78, 5) is 2.17. The summed E-state index contributed by atoms with van der Waals surface area (Å²) in [5.41, 5.74) is 8.72. The van der Waals surface area contributed by atoms with E-state index in [9.17, 15) is 5.11 Å². The molecule has 0 radical (unpaired) electrons. The van der Waals surface area contributed by atoms with Crippen LogP contribution in [-0.2, 0) is 6.54 Å². The Labute approximate surface area is 110 Å². The smallest absolute Gasteiger partial charge is 0.0821 e. The largest absolute Gasteiger partial charge is 0.388 e. The first kappa shape index (κ1) is 13.4. The van der Waals surface area contributed by atoms with Gasteiger partial charge in [-0.1, -0.05) is 25.0 Å². The van der Waals surface area contributed by atoms with Crippen LogP contribution in [0, 0.1) is 6.92 Å². The van der Waals surface area contributed by atoms with Gasteiger partial charge in [0.2, 0.25) is 0 Å². The second-order valence-corrected chi connectivity index (χ2v) is 5.61. The topological polar surface area (TPSA) is 49.5 Å². The Morgan fingerprint density at radius 1 is 1.33 bits per heavy atom. The Balaban J connectivity index is 2.11. The molecule has 18 heavy (non-hydrogen) atoms. The van der Waals surface area contributed by atoms with Crippen LogP contribution in [0.1, 0.15) is 36.8 Å². The number of aryl methyl sites for hydroxylation is 1. The second kappa shape index (κ2) is 5.29. The van der Waals surface area contributed by atoms with Crippen LogP contribution in [0.25, 0.3) is 0 Å². The first-order chi connectivity index (χ1) is 8.54. The molecule has 0 unspecified atom stereocenters. The van der Waals surface area contributed by atoms with Gasteiger partial charge in [0.25, 0.3) is 0 Å². The van der Waals surface area contributed by atoms with E-state index in [4.69, 9.17) is 5.73 Å². The number of nitrogens with zero attached hydrogens (tertiary/aromatic N) is 1. The predicted octanol–water partition coefficient (Wildman–Crippen LogP) is 2.20. The summed E-state index contributed by atoms with van der Waals surface area (Å²) < 4.78 is 0. The summed E-state index contributed by atoms with van der Waals surface area (Å²) in [6.07, 6.45) is 4.15. The zero-order valence-electron chi connectivity index (χ0n) is 11.4. The molecule has 1 fully saturated rings. The van der Waals surface area contributed by atoms with E-state index in [1.54, 1.807) is 0 Å². The standard InChI is InChI=1S/C15H24N2O/c1-12-9-13(10-16)5-6-14(12)17(2)11-15(18)7-3-4-8-15/h5-6,9,18H,3-4,7-8,10-11,16H2,1-2H3. The Bertz CT molecular complexity index is 411. The van der Waals surface area contributed by atoms with E-state index < -0.39 is 5.60 Å². The molecule has 3 nitrogen and oxygen atoms in total. The van der Waals surface area contributed by atoms with Crippen molar-refractivity contribution < 1.29 is 5.11 Å². The highest BCUT2D eigenvalue weighted by atomic mass is 16.3. The van der Waals surface area contributed by atoms with Crippen LogP contribution in [0.5, 0.6) is 0 Å². The summed E-state index contributed by atoms with van der Waals surface area (Å²) >= 11 is 0. The lowest BCUT2D eigenvalue weighted by Gasteiger charge is -2.31. The summed E-state index contributed by atoms with van der Waals surface area (Å²) in [7, 11) is 2.06. The molecule has 3 heteroatoms. The van der Waals surface area contributed by atoms with E-state index in [0.717, 1.165) is 37.8 Å². The third-order valence-corrected chi connectivity index (χ3v) is 3.97. The molecule has 0 bridgehead atoms. The van der Waals surface area contributed by atoms with Crippen molar-refractivity contribution in [2.24, 2.45) is 5.73 Å². The SMILES string of the molecule is Cc1cc(CN)ccc1N(C)CC1(O)CCCC1. The molecule has 1 aromatic carbocycles. The summed E-state index contributed by atoms with van der Waals surface area (Å²) in [6, 6.07) is 6.30. The lowest BCUT2D eigenvalue weighted by Crippen LogP contribution is -2.39. The van der Waals surface area contributed by atoms with Crippen molar-refractivity contribution in [2.75, 3.05) is 18.5 Å². The van der Waals surface area contributed by atoms with Gasteiger partial charge in [0, 0.05) is 25.8 Å². The summed E-state index contributed by atoms with van der Waals surface area (Å²) in [6.45, 7) is 3.40. The molecular formula is C15H24N2O. The van der Waals surface area contributed by atoms with Gasteiger partial charge < -0.3 is 15.7 Å². The van der Waals surface area contributed by atoms with Crippen LogP contribution >= 0.6 is 0 Å². The Hall–Kier alpha value is -1.06. The minimum Gasteiger partial charge on any atom is -0.388 e. The molecule has 2 rings (SSSR count). The van der Waals surface area contributed by atoms with Crippen LogP contribution in [0.15, 0.2) is 18.2 Å². The average Bonchev–Trinajstić information content (AvgIpc) is 2.75. The van der Waals surface area contributed by atoms with Crippen molar-refractivity contribution in [1.82, 2.24) is 0 Å². The van der Waals surface area contributed by atoms with Gasteiger partial charge >= 0.3 is 0 Å². The minimum absolute atomic E-state index is 0.492. The molecule has 100 valence electrons. The van der Waals surface area contributed by atoms with Crippen molar-refractivity contribution in [2.45, 2.75) is 44.8 Å². The van der Waals surface area contributed by atoms with Gasteiger partial charge in [-0.25, -0.2) is 0 Å². The number of nitrogens with two attached hydrogens (primary N) is 1. The highest BCUT2D eigenvalue weighted by Gasteiger charge is 2.32. The van der Waals surface area contributed by atoms with E-state index in [-0.39, 0.29) is 0 Å². The molecule has 0 saturated heterocycles. The Morgan fingerprint density at radius 2 is 2.00 bits per heavy atom. The predicted molar refractivity (Wildman–Crippen MR) is 75.8 cm³/mol. The Morgan fingerprint density at radius 3 is 2.56 bits per heavy atom. The molecule has 0 atom stereocenters. The van der Waals surface area contributed by atoms with Crippen LogP contribution < -0.4 is 10.6 Å². The average molecular weight is 248 g/mol. The molecular weight excluding hydrogens is 224 g/mol. The van der Waals surface area contributed by atoms with Gasteiger partial charge in [0.15, 0.2) is 0 Å². The molecule has 0 spiro atoms.